The molecule has 2 aromatic carbocycles. The molecule has 3 rings (SSSR count). The number of carbonyl (C=O) groups is 1. The number of benzene rings is 2. The summed E-state index contributed by atoms with van der Waals surface area (Å²) in [4.78, 5) is 25.9. The third-order valence-corrected chi connectivity index (χ3v) is 3.54. The molecule has 6 nitrogen and oxygen atoms in total. The molecule has 7 heteroatoms. The van der Waals surface area contributed by atoms with Gasteiger partial charge < -0.3 is 4.74 Å². The number of halogens is 1. The van der Waals surface area contributed by atoms with Crippen molar-refractivity contribution in [3.8, 4) is 0 Å². The van der Waals surface area contributed by atoms with Gasteiger partial charge in [0.05, 0.1) is 10.6 Å². The summed E-state index contributed by atoms with van der Waals surface area (Å²) in [5, 5.41) is 11.0. The molecule has 0 aromatic heterocycles. The van der Waals surface area contributed by atoms with Gasteiger partial charge in [0.15, 0.2) is 12.4 Å². The number of aldehydes is 1. The van der Waals surface area contributed by atoms with E-state index in [0.29, 0.717) is 23.1 Å². The number of carbonyl (C=O) groups excluding carboxylic acids is 1. The maximum atomic E-state index is 11.2. The third-order valence-electron chi connectivity index (χ3n) is 3.22. The highest BCUT2D eigenvalue weighted by Gasteiger charge is 2.25. The fourth-order valence-corrected chi connectivity index (χ4v) is 2.36. The molecule has 1 atom stereocenters. The Morgan fingerprint density at radius 3 is 2.77 bits per heavy atom. The topological polar surface area (TPSA) is 81.8 Å². The Balaban J connectivity index is 2.10. The highest BCUT2D eigenvalue weighted by atomic mass is 35.5. The van der Waals surface area contributed by atoms with E-state index < -0.39 is 11.0 Å². The summed E-state index contributed by atoms with van der Waals surface area (Å²) in [6.07, 6.45) is -0.129. The van der Waals surface area contributed by atoms with Crippen LogP contribution in [0.4, 0.5) is 11.4 Å². The minimum atomic E-state index is -0.793. The van der Waals surface area contributed by atoms with E-state index in [0.717, 1.165) is 0 Å². The number of fused-ring (bicyclic) bond motifs is 1. The zero-order chi connectivity index (χ0) is 15.7. The van der Waals surface area contributed by atoms with Crippen LogP contribution in [0.5, 0.6) is 0 Å². The van der Waals surface area contributed by atoms with Gasteiger partial charge in [-0.15, -0.1) is 0 Å². The van der Waals surface area contributed by atoms with Gasteiger partial charge in [-0.05, 0) is 18.2 Å². The molecule has 1 heterocycles. The van der Waals surface area contributed by atoms with Crippen LogP contribution in [-0.2, 0) is 9.53 Å². The summed E-state index contributed by atoms with van der Waals surface area (Å²) in [5.41, 5.74) is 1.40. The summed E-state index contributed by atoms with van der Waals surface area (Å²) < 4.78 is 5.54. The highest BCUT2D eigenvalue weighted by molar-refractivity contribution is 6.32. The van der Waals surface area contributed by atoms with E-state index in [9.17, 15) is 14.9 Å². The van der Waals surface area contributed by atoms with Crippen LogP contribution in [0, 0.1) is 10.1 Å². The van der Waals surface area contributed by atoms with Crippen molar-refractivity contribution >= 4 is 35.2 Å². The summed E-state index contributed by atoms with van der Waals surface area (Å²) in [6, 6.07) is 11.3. The van der Waals surface area contributed by atoms with Gasteiger partial charge >= 0.3 is 0 Å². The number of ether oxygens (including phenoxy) is 1. The van der Waals surface area contributed by atoms with Crippen molar-refractivity contribution in [1.29, 1.82) is 0 Å². The standard InChI is InChI=1S/C15H9ClN2O4/c16-11-6-5-9(7-13(11)18(20)21)15-17-12-4-2-1-3-10(12)14(8-19)22-15/h1-8,14H. The average Bonchev–Trinajstić information content (AvgIpc) is 2.54. The number of nitrogens with zero attached hydrogens (tertiary/aromatic N) is 2. The lowest BCUT2D eigenvalue weighted by atomic mass is 10.1. The lowest BCUT2D eigenvalue weighted by Crippen LogP contribution is -2.17. The smallest absolute Gasteiger partial charge is 0.288 e. The largest absolute Gasteiger partial charge is 0.461 e. The van der Waals surface area contributed by atoms with Gasteiger partial charge in [-0.25, -0.2) is 4.99 Å². The van der Waals surface area contributed by atoms with E-state index >= 15 is 0 Å². The predicted octanol–water partition coefficient (Wildman–Crippen LogP) is 3.60. The van der Waals surface area contributed by atoms with Crippen LogP contribution < -0.4 is 0 Å². The predicted molar refractivity (Wildman–Crippen MR) is 80.6 cm³/mol. The number of para-hydroxylation sites is 1. The second-order valence-corrected chi connectivity index (χ2v) is 4.98. The maximum absolute atomic E-state index is 11.2. The molecular formula is C15H9ClN2O4. The van der Waals surface area contributed by atoms with Gasteiger partial charge in [0.2, 0.25) is 5.90 Å². The van der Waals surface area contributed by atoms with Crippen molar-refractivity contribution in [3.63, 3.8) is 0 Å². The Labute approximate surface area is 130 Å². The SMILES string of the molecule is O=CC1OC(c2ccc(Cl)c([N+](=O)[O-])c2)=Nc2ccccc21. The Morgan fingerprint density at radius 1 is 1.27 bits per heavy atom. The van der Waals surface area contributed by atoms with E-state index in [1.165, 1.54) is 12.1 Å². The fourth-order valence-electron chi connectivity index (χ4n) is 2.17. The number of nitro benzene ring substituents is 1. The number of aliphatic imine (C=N–C) groups is 1. The molecule has 0 N–H and O–H groups in total. The molecule has 110 valence electrons. The molecule has 0 aliphatic carbocycles. The van der Waals surface area contributed by atoms with Crippen molar-refractivity contribution < 1.29 is 14.5 Å². The third kappa shape index (κ3) is 2.44. The molecule has 1 aliphatic rings. The first-order valence-electron chi connectivity index (χ1n) is 6.34. The highest BCUT2D eigenvalue weighted by Crippen LogP contribution is 2.34. The summed E-state index contributed by atoms with van der Waals surface area (Å²) in [6.45, 7) is 0. The minimum absolute atomic E-state index is 0.0255. The minimum Gasteiger partial charge on any atom is -0.461 e. The molecular weight excluding hydrogens is 308 g/mol. The fraction of sp³-hybridized carbons (Fsp3) is 0.0667. The molecule has 2 aromatic rings. The number of nitro groups is 1. The van der Waals surface area contributed by atoms with Crippen LogP contribution in [0.2, 0.25) is 5.02 Å². The second-order valence-electron chi connectivity index (χ2n) is 4.57. The summed E-state index contributed by atoms with van der Waals surface area (Å²) in [5.74, 6) is 0.149. The van der Waals surface area contributed by atoms with Crippen molar-refractivity contribution in [2.75, 3.05) is 0 Å². The molecule has 0 spiro atoms. The van der Waals surface area contributed by atoms with Crippen molar-refractivity contribution in [2.24, 2.45) is 4.99 Å². The number of hydrogen-bond donors (Lipinski definition) is 0. The Bertz CT molecular complexity index is 804. The first-order chi connectivity index (χ1) is 10.6. The Hall–Kier alpha value is -2.73. The molecule has 1 aliphatic heterocycles. The van der Waals surface area contributed by atoms with E-state index in [4.69, 9.17) is 16.3 Å². The van der Waals surface area contributed by atoms with Crippen LogP contribution in [0.3, 0.4) is 0 Å². The molecule has 0 bridgehead atoms. The van der Waals surface area contributed by atoms with Gasteiger partial charge in [0.1, 0.15) is 5.02 Å². The molecule has 0 amide bonds. The maximum Gasteiger partial charge on any atom is 0.288 e. The van der Waals surface area contributed by atoms with Gasteiger partial charge in [-0.1, -0.05) is 29.8 Å². The quantitative estimate of drug-likeness (QED) is 0.492. The van der Waals surface area contributed by atoms with Crippen molar-refractivity contribution in [3.05, 3.63) is 68.7 Å². The molecule has 0 radical (unpaired) electrons. The molecule has 22 heavy (non-hydrogen) atoms. The second kappa shape index (κ2) is 5.57. The number of rotatable bonds is 3. The van der Waals surface area contributed by atoms with Crippen LogP contribution >= 0.6 is 11.6 Å². The van der Waals surface area contributed by atoms with Gasteiger partial charge in [-0.2, -0.15) is 0 Å². The normalized spacial score (nSPS) is 16.2. The molecule has 0 fully saturated rings. The summed E-state index contributed by atoms with van der Waals surface area (Å²) >= 11 is 5.79. The van der Waals surface area contributed by atoms with Crippen LogP contribution in [0.15, 0.2) is 47.5 Å². The van der Waals surface area contributed by atoms with E-state index in [2.05, 4.69) is 4.99 Å². The monoisotopic (exact) mass is 316 g/mol. The molecule has 0 saturated carbocycles. The lowest BCUT2D eigenvalue weighted by Gasteiger charge is -2.22. The van der Waals surface area contributed by atoms with Gasteiger partial charge in [-0.3, -0.25) is 14.9 Å². The zero-order valence-corrected chi connectivity index (χ0v) is 11.9. The first-order valence-corrected chi connectivity index (χ1v) is 6.72. The van der Waals surface area contributed by atoms with Gasteiger partial charge in [0.25, 0.3) is 5.69 Å². The zero-order valence-electron chi connectivity index (χ0n) is 11.1. The lowest BCUT2D eigenvalue weighted by molar-refractivity contribution is -0.384. The molecule has 0 saturated heterocycles. The van der Waals surface area contributed by atoms with Gasteiger partial charge in [0, 0.05) is 17.2 Å². The van der Waals surface area contributed by atoms with Crippen LogP contribution in [-0.4, -0.2) is 17.1 Å². The van der Waals surface area contributed by atoms with Crippen molar-refractivity contribution in [1.82, 2.24) is 0 Å². The summed E-state index contributed by atoms with van der Waals surface area (Å²) in [7, 11) is 0. The molecule has 1 unspecified atom stereocenters. The Kier molecular flexibility index (Phi) is 3.60. The Morgan fingerprint density at radius 2 is 2.05 bits per heavy atom. The average molecular weight is 317 g/mol. The van der Waals surface area contributed by atoms with E-state index in [1.54, 1.807) is 30.3 Å². The van der Waals surface area contributed by atoms with E-state index in [-0.39, 0.29) is 16.6 Å². The van der Waals surface area contributed by atoms with Crippen LogP contribution in [0.1, 0.15) is 17.2 Å². The van der Waals surface area contributed by atoms with Crippen molar-refractivity contribution in [2.45, 2.75) is 6.10 Å². The van der Waals surface area contributed by atoms with E-state index in [1.807, 2.05) is 0 Å². The first kappa shape index (κ1) is 14.2. The van der Waals surface area contributed by atoms with Crippen LogP contribution in [0.25, 0.3) is 0 Å². The number of hydrogen-bond acceptors (Lipinski definition) is 5.